The molecule has 2 rings (SSSR count). The lowest BCUT2D eigenvalue weighted by molar-refractivity contribution is 0.317. The van der Waals surface area contributed by atoms with Crippen LogP contribution in [-0.4, -0.2) is 11.8 Å². The van der Waals surface area contributed by atoms with Gasteiger partial charge in [-0.1, -0.05) is 18.8 Å². The molecule has 0 saturated carbocycles. The molecule has 0 spiro atoms. The predicted molar refractivity (Wildman–Crippen MR) is 89.3 cm³/mol. The maximum absolute atomic E-state index is 13.7. The molecule has 0 heterocycles. The average molecular weight is 311 g/mol. The number of rotatable bonds is 4. The Labute approximate surface area is 134 Å². The summed E-state index contributed by atoms with van der Waals surface area (Å²) in [5, 5.41) is 2.14. The Morgan fingerprint density at radius 3 is 2.41 bits per heavy atom. The van der Waals surface area contributed by atoms with Crippen molar-refractivity contribution in [3.63, 3.8) is 0 Å². The number of benzene rings is 2. The molecule has 0 bridgehead atoms. The third-order valence-electron chi connectivity index (χ3n) is 2.79. The monoisotopic (exact) mass is 311 g/mol. The van der Waals surface area contributed by atoms with E-state index in [1.54, 1.807) is 6.07 Å². The van der Waals surface area contributed by atoms with Gasteiger partial charge < -0.3 is 4.74 Å². The SMILES string of the molecule is CCCOc1ccc(C#Cc2ccc(N=C=S)c(F)c2)cc1. The van der Waals surface area contributed by atoms with Crippen LogP contribution in [0.1, 0.15) is 24.5 Å². The zero-order valence-corrected chi connectivity index (χ0v) is 12.9. The van der Waals surface area contributed by atoms with Crippen LogP contribution in [0.3, 0.4) is 0 Å². The quantitative estimate of drug-likeness (QED) is 0.462. The van der Waals surface area contributed by atoms with E-state index in [9.17, 15) is 4.39 Å². The first-order chi connectivity index (χ1) is 10.7. The Bertz CT molecular complexity index is 753. The summed E-state index contributed by atoms with van der Waals surface area (Å²) < 4.78 is 19.2. The molecule has 0 radical (unpaired) electrons. The van der Waals surface area contributed by atoms with Gasteiger partial charge in [-0.3, -0.25) is 0 Å². The standard InChI is InChI=1S/C18H14FNOS/c1-2-11-21-16-8-5-14(6-9-16)3-4-15-7-10-18(20-13-22)17(19)12-15/h5-10,12H,2,11H2,1H3. The molecule has 0 amide bonds. The molecule has 22 heavy (non-hydrogen) atoms. The molecule has 110 valence electrons. The van der Waals surface area contributed by atoms with E-state index in [0.29, 0.717) is 12.2 Å². The summed E-state index contributed by atoms with van der Waals surface area (Å²) in [6.45, 7) is 2.75. The summed E-state index contributed by atoms with van der Waals surface area (Å²) in [5.74, 6) is 6.25. The van der Waals surface area contributed by atoms with Crippen molar-refractivity contribution in [1.82, 2.24) is 0 Å². The van der Waals surface area contributed by atoms with Crippen LogP contribution >= 0.6 is 12.2 Å². The largest absolute Gasteiger partial charge is 0.494 e. The maximum Gasteiger partial charge on any atom is 0.150 e. The van der Waals surface area contributed by atoms with Crippen molar-refractivity contribution in [2.24, 2.45) is 4.99 Å². The highest BCUT2D eigenvalue weighted by atomic mass is 32.1. The van der Waals surface area contributed by atoms with Crippen molar-refractivity contribution in [2.75, 3.05) is 6.61 Å². The first-order valence-corrected chi connectivity index (χ1v) is 7.26. The van der Waals surface area contributed by atoms with Gasteiger partial charge in [-0.2, -0.15) is 4.99 Å². The molecular weight excluding hydrogens is 297 g/mol. The highest BCUT2D eigenvalue weighted by Gasteiger charge is 2.00. The van der Waals surface area contributed by atoms with Crippen molar-refractivity contribution in [1.29, 1.82) is 0 Å². The molecule has 0 aromatic heterocycles. The smallest absolute Gasteiger partial charge is 0.150 e. The highest BCUT2D eigenvalue weighted by Crippen LogP contribution is 2.18. The number of isothiocyanates is 1. The highest BCUT2D eigenvalue weighted by molar-refractivity contribution is 7.78. The van der Waals surface area contributed by atoms with Crippen molar-refractivity contribution < 1.29 is 9.13 Å². The molecule has 0 fully saturated rings. The number of thiocarbonyl (C=S) groups is 1. The van der Waals surface area contributed by atoms with E-state index in [4.69, 9.17) is 4.74 Å². The van der Waals surface area contributed by atoms with Crippen LogP contribution in [0.25, 0.3) is 0 Å². The number of halogens is 1. The fourth-order valence-corrected chi connectivity index (χ4v) is 1.82. The molecule has 0 aliphatic rings. The molecule has 2 nitrogen and oxygen atoms in total. The minimum absolute atomic E-state index is 0.165. The van der Waals surface area contributed by atoms with E-state index in [0.717, 1.165) is 17.7 Å². The van der Waals surface area contributed by atoms with Crippen LogP contribution < -0.4 is 4.74 Å². The maximum atomic E-state index is 13.7. The number of hydrogen-bond acceptors (Lipinski definition) is 3. The van der Waals surface area contributed by atoms with E-state index in [1.165, 1.54) is 12.1 Å². The molecule has 0 N–H and O–H groups in total. The van der Waals surface area contributed by atoms with Crippen LogP contribution in [0.4, 0.5) is 10.1 Å². The molecule has 4 heteroatoms. The lowest BCUT2D eigenvalue weighted by Gasteiger charge is -2.03. The lowest BCUT2D eigenvalue weighted by atomic mass is 10.1. The summed E-state index contributed by atoms with van der Waals surface area (Å²) in [5.41, 5.74) is 1.58. The number of ether oxygens (including phenoxy) is 1. The number of aliphatic imine (C=N–C) groups is 1. The zero-order chi connectivity index (χ0) is 15.8. The fourth-order valence-electron chi connectivity index (χ4n) is 1.72. The van der Waals surface area contributed by atoms with E-state index in [1.807, 2.05) is 24.3 Å². The van der Waals surface area contributed by atoms with Crippen LogP contribution in [0, 0.1) is 17.7 Å². The Balaban J connectivity index is 2.12. The number of hydrogen-bond donors (Lipinski definition) is 0. The second-order valence-corrected chi connectivity index (χ2v) is 4.67. The topological polar surface area (TPSA) is 21.6 Å². The third-order valence-corrected chi connectivity index (χ3v) is 2.88. The summed E-state index contributed by atoms with van der Waals surface area (Å²) in [6.07, 6.45) is 0.969. The van der Waals surface area contributed by atoms with E-state index >= 15 is 0 Å². The van der Waals surface area contributed by atoms with Crippen LogP contribution in [0.5, 0.6) is 5.75 Å². The molecule has 0 atom stereocenters. The van der Waals surface area contributed by atoms with Gasteiger partial charge >= 0.3 is 0 Å². The normalized spacial score (nSPS) is 9.36. The van der Waals surface area contributed by atoms with E-state index in [2.05, 4.69) is 41.1 Å². The molecule has 0 unspecified atom stereocenters. The van der Waals surface area contributed by atoms with Gasteiger partial charge in [-0.25, -0.2) is 4.39 Å². The second kappa shape index (κ2) is 8.09. The first kappa shape index (κ1) is 15.9. The van der Waals surface area contributed by atoms with Crippen molar-refractivity contribution in [3.05, 3.63) is 59.4 Å². The lowest BCUT2D eigenvalue weighted by Crippen LogP contribution is -1.94. The summed E-state index contributed by atoms with van der Waals surface area (Å²) in [6, 6.07) is 12.0. The minimum atomic E-state index is -0.465. The predicted octanol–water partition coefficient (Wildman–Crippen LogP) is 4.75. The van der Waals surface area contributed by atoms with Gasteiger partial charge in [0, 0.05) is 11.1 Å². The van der Waals surface area contributed by atoms with Gasteiger partial charge in [0.25, 0.3) is 0 Å². The molecule has 2 aromatic carbocycles. The van der Waals surface area contributed by atoms with E-state index < -0.39 is 5.82 Å². The Morgan fingerprint density at radius 1 is 1.09 bits per heavy atom. The zero-order valence-electron chi connectivity index (χ0n) is 12.1. The summed E-state index contributed by atoms with van der Waals surface area (Å²) in [4.78, 5) is 3.63. The summed E-state index contributed by atoms with van der Waals surface area (Å²) in [7, 11) is 0. The molecular formula is C18H14FNOS. The molecule has 0 aliphatic heterocycles. The minimum Gasteiger partial charge on any atom is -0.494 e. The Hall–Kier alpha value is -2.47. The van der Waals surface area contributed by atoms with Gasteiger partial charge in [0.15, 0.2) is 5.82 Å². The van der Waals surface area contributed by atoms with Crippen molar-refractivity contribution in [3.8, 4) is 17.6 Å². The van der Waals surface area contributed by atoms with Crippen molar-refractivity contribution >= 4 is 23.1 Å². The van der Waals surface area contributed by atoms with Gasteiger partial charge in [0.1, 0.15) is 11.4 Å². The fraction of sp³-hybridized carbons (Fsp3) is 0.167. The van der Waals surface area contributed by atoms with Crippen molar-refractivity contribution in [2.45, 2.75) is 13.3 Å². The molecule has 0 saturated heterocycles. The third kappa shape index (κ3) is 4.53. The van der Waals surface area contributed by atoms with E-state index in [-0.39, 0.29) is 5.69 Å². The Morgan fingerprint density at radius 2 is 1.77 bits per heavy atom. The van der Waals surface area contributed by atoms with Gasteiger partial charge in [0.2, 0.25) is 0 Å². The number of nitrogens with zero attached hydrogens (tertiary/aromatic N) is 1. The van der Waals surface area contributed by atoms with Crippen LogP contribution in [-0.2, 0) is 0 Å². The average Bonchev–Trinajstić information content (AvgIpc) is 2.54. The van der Waals surface area contributed by atoms with Crippen LogP contribution in [0.15, 0.2) is 47.5 Å². The van der Waals surface area contributed by atoms with Gasteiger partial charge in [0.05, 0.1) is 11.8 Å². The van der Waals surface area contributed by atoms with Gasteiger partial charge in [-0.15, -0.1) is 0 Å². The first-order valence-electron chi connectivity index (χ1n) is 6.85. The van der Waals surface area contributed by atoms with Crippen LogP contribution in [0.2, 0.25) is 0 Å². The van der Waals surface area contributed by atoms with Gasteiger partial charge in [-0.05, 0) is 61.1 Å². The molecule has 2 aromatic rings. The Kier molecular flexibility index (Phi) is 5.85. The molecule has 0 aliphatic carbocycles. The summed E-state index contributed by atoms with van der Waals surface area (Å²) >= 11 is 4.46. The second-order valence-electron chi connectivity index (χ2n) is 4.49.